The van der Waals surface area contributed by atoms with Gasteiger partial charge in [0, 0.05) is 6.42 Å². The van der Waals surface area contributed by atoms with Gasteiger partial charge >= 0.3 is 0 Å². The number of hydrogen-bond donors (Lipinski definition) is 12. The van der Waals surface area contributed by atoms with Crippen LogP contribution in [0.2, 0.25) is 0 Å². The molecule has 3 heterocycles. The smallest absolute Gasteiger partial charge is 0.220 e. The van der Waals surface area contributed by atoms with Crippen LogP contribution in [0.15, 0.2) is 24.3 Å². The van der Waals surface area contributed by atoms with Crippen LogP contribution in [-0.2, 0) is 33.2 Å². The lowest BCUT2D eigenvalue weighted by Crippen LogP contribution is -2.66. The van der Waals surface area contributed by atoms with E-state index in [1.54, 1.807) is 0 Å². The van der Waals surface area contributed by atoms with E-state index in [4.69, 9.17) is 28.4 Å². The lowest BCUT2D eigenvalue weighted by Gasteiger charge is -2.48. The summed E-state index contributed by atoms with van der Waals surface area (Å²) < 4.78 is 34.4. The van der Waals surface area contributed by atoms with Crippen molar-refractivity contribution in [3.05, 3.63) is 24.3 Å². The first-order valence-corrected chi connectivity index (χ1v) is 35.6. The molecule has 0 aromatic heterocycles. The number of carbonyl (C=O) groups excluding carboxylic acids is 1. The van der Waals surface area contributed by atoms with Gasteiger partial charge in [-0.1, -0.05) is 250 Å². The second-order valence-corrected chi connectivity index (χ2v) is 25.7. The van der Waals surface area contributed by atoms with Crippen LogP contribution in [0.5, 0.6) is 0 Å². The molecule has 17 atom stereocenters. The standard InChI is InChI=1S/C69H129NO18/c1-3-5-7-9-11-13-15-17-19-20-21-22-23-24-25-26-27-28-29-30-31-33-34-36-38-40-42-44-46-53(74)52(70-57(75)47-45-43-41-39-37-35-32-18-16-14-12-10-8-6-4-2)51-83-67-63(81)60(78)65(55(49-72)85-67)88-69-64(82)61(79)66(56(50-73)86-69)87-68-62(80)59(77)58(76)54(48-71)84-68/h12,14,18,32,52-56,58-69,71-74,76-82H,3-11,13,15-17,19-31,33-51H2,1-2H3,(H,70,75)/b14-12-,32-18-. The van der Waals surface area contributed by atoms with Crippen molar-refractivity contribution in [2.75, 3.05) is 26.4 Å². The minimum Gasteiger partial charge on any atom is -0.394 e. The average molecular weight is 1260 g/mol. The molecule has 3 aliphatic rings. The Balaban J connectivity index is 1.40. The normalized spacial score (nSPS) is 28.5. The first-order chi connectivity index (χ1) is 42.8. The van der Waals surface area contributed by atoms with Crippen molar-refractivity contribution in [1.29, 1.82) is 0 Å². The highest BCUT2D eigenvalue weighted by Gasteiger charge is 2.53. The number of ether oxygens (including phenoxy) is 6. The number of nitrogens with one attached hydrogen (secondary N) is 1. The number of allylic oxidation sites excluding steroid dienone is 4. The summed E-state index contributed by atoms with van der Waals surface area (Å²) in [5, 5.41) is 121. The molecular weight excluding hydrogens is 1130 g/mol. The van der Waals surface area contributed by atoms with Crippen molar-refractivity contribution in [2.24, 2.45) is 0 Å². The Morgan fingerprint density at radius 2 is 0.750 bits per heavy atom. The van der Waals surface area contributed by atoms with Crippen LogP contribution in [0, 0.1) is 0 Å². The summed E-state index contributed by atoms with van der Waals surface area (Å²) in [6, 6.07) is -0.894. The van der Waals surface area contributed by atoms with E-state index in [1.807, 2.05) is 0 Å². The van der Waals surface area contributed by atoms with E-state index >= 15 is 0 Å². The maximum absolute atomic E-state index is 13.4. The number of aliphatic hydroxyl groups excluding tert-OH is 11. The molecular formula is C69H129NO18. The van der Waals surface area contributed by atoms with Crippen LogP contribution in [0.4, 0.5) is 0 Å². The summed E-state index contributed by atoms with van der Waals surface area (Å²) in [7, 11) is 0. The van der Waals surface area contributed by atoms with Gasteiger partial charge in [0.05, 0.1) is 38.6 Å². The number of amides is 1. The van der Waals surface area contributed by atoms with Crippen LogP contribution in [0.1, 0.15) is 277 Å². The molecule has 0 aromatic rings. The number of rotatable bonds is 55. The van der Waals surface area contributed by atoms with Crippen molar-refractivity contribution in [1.82, 2.24) is 5.32 Å². The molecule has 3 fully saturated rings. The van der Waals surface area contributed by atoms with Crippen LogP contribution >= 0.6 is 0 Å². The fourth-order valence-electron chi connectivity index (χ4n) is 12.2. The van der Waals surface area contributed by atoms with E-state index in [9.17, 15) is 61.0 Å². The third kappa shape index (κ3) is 33.4. The Hall–Kier alpha value is -1.73. The molecule has 0 spiro atoms. The van der Waals surface area contributed by atoms with E-state index in [0.717, 1.165) is 70.6 Å². The molecule has 3 aliphatic heterocycles. The van der Waals surface area contributed by atoms with Crippen LogP contribution in [-0.4, -0.2) is 193 Å². The molecule has 0 bridgehead atoms. The Morgan fingerprint density at radius 1 is 0.409 bits per heavy atom. The predicted molar refractivity (Wildman–Crippen MR) is 342 cm³/mol. The van der Waals surface area contributed by atoms with Crippen molar-refractivity contribution in [3.63, 3.8) is 0 Å². The van der Waals surface area contributed by atoms with Crippen molar-refractivity contribution >= 4 is 5.91 Å². The average Bonchev–Trinajstić information content (AvgIpc) is 3.59. The molecule has 19 nitrogen and oxygen atoms in total. The zero-order chi connectivity index (χ0) is 64.0. The second-order valence-electron chi connectivity index (χ2n) is 25.7. The summed E-state index contributed by atoms with van der Waals surface area (Å²) in [6.07, 6.45) is 31.3. The molecule has 12 N–H and O–H groups in total. The highest BCUT2D eigenvalue weighted by molar-refractivity contribution is 5.76. The Kier molecular flexibility index (Phi) is 47.3. The van der Waals surface area contributed by atoms with Gasteiger partial charge in [-0.25, -0.2) is 0 Å². The summed E-state index contributed by atoms with van der Waals surface area (Å²) in [5.74, 6) is -0.254. The van der Waals surface area contributed by atoms with Gasteiger partial charge < -0.3 is 89.9 Å². The molecule has 0 radical (unpaired) electrons. The van der Waals surface area contributed by atoms with E-state index < -0.39 is 124 Å². The van der Waals surface area contributed by atoms with Gasteiger partial charge in [0.15, 0.2) is 18.9 Å². The minimum absolute atomic E-state index is 0.252. The summed E-state index contributed by atoms with van der Waals surface area (Å²) in [5.41, 5.74) is 0. The van der Waals surface area contributed by atoms with E-state index in [-0.39, 0.29) is 18.9 Å². The first-order valence-electron chi connectivity index (χ1n) is 35.6. The maximum atomic E-state index is 13.4. The molecule has 0 saturated carbocycles. The van der Waals surface area contributed by atoms with E-state index in [2.05, 4.69) is 43.5 Å². The molecule has 1 amide bonds. The zero-order valence-electron chi connectivity index (χ0n) is 54.7. The number of hydrogen-bond acceptors (Lipinski definition) is 18. The Bertz CT molecular complexity index is 1690. The topological polar surface area (TPSA) is 307 Å². The summed E-state index contributed by atoms with van der Waals surface area (Å²) in [6.45, 7) is 1.79. The van der Waals surface area contributed by atoms with Gasteiger partial charge in [0.1, 0.15) is 73.2 Å². The quantitative estimate of drug-likeness (QED) is 0.0199. The molecule has 0 aromatic carbocycles. The largest absolute Gasteiger partial charge is 0.394 e. The van der Waals surface area contributed by atoms with Crippen molar-refractivity contribution in [2.45, 2.75) is 381 Å². The fraction of sp³-hybridized carbons (Fsp3) is 0.928. The van der Waals surface area contributed by atoms with Gasteiger partial charge in [-0.2, -0.15) is 0 Å². The summed E-state index contributed by atoms with van der Waals surface area (Å²) in [4.78, 5) is 13.4. The zero-order valence-corrected chi connectivity index (χ0v) is 54.7. The molecule has 17 unspecified atom stereocenters. The van der Waals surface area contributed by atoms with Crippen LogP contribution < -0.4 is 5.32 Å². The van der Waals surface area contributed by atoms with Gasteiger partial charge in [-0.05, 0) is 44.9 Å². The highest BCUT2D eigenvalue weighted by Crippen LogP contribution is 2.33. The summed E-state index contributed by atoms with van der Waals surface area (Å²) >= 11 is 0. The first kappa shape index (κ1) is 80.5. The third-order valence-electron chi connectivity index (χ3n) is 18.0. The lowest BCUT2D eigenvalue weighted by molar-refractivity contribution is -0.379. The SMILES string of the molecule is CCCCC/C=C\C/C=C\CCCCCCCC(=O)NC(COC1OC(CO)C(OC2OC(CO)C(OC3OC(CO)C(O)C(O)C3O)C(O)C2O)C(O)C1O)C(O)CCCCCCCCCCCCCCCCCCCCCCCCCCCCCC. The third-order valence-corrected chi connectivity index (χ3v) is 18.0. The molecule has 3 rings (SSSR count). The van der Waals surface area contributed by atoms with Gasteiger partial charge in [0.2, 0.25) is 5.91 Å². The molecule has 3 saturated heterocycles. The minimum atomic E-state index is -1.97. The van der Waals surface area contributed by atoms with Gasteiger partial charge in [0.25, 0.3) is 0 Å². The Morgan fingerprint density at radius 3 is 1.18 bits per heavy atom. The van der Waals surface area contributed by atoms with Gasteiger partial charge in [-0.15, -0.1) is 0 Å². The second kappa shape index (κ2) is 51.7. The predicted octanol–water partition coefficient (Wildman–Crippen LogP) is 9.44. The monoisotopic (exact) mass is 1260 g/mol. The van der Waals surface area contributed by atoms with Crippen LogP contribution in [0.3, 0.4) is 0 Å². The number of carbonyl (C=O) groups is 1. The van der Waals surface area contributed by atoms with E-state index in [1.165, 1.54) is 173 Å². The Labute approximate surface area is 530 Å². The molecule has 518 valence electrons. The maximum Gasteiger partial charge on any atom is 0.220 e. The van der Waals surface area contributed by atoms with Crippen molar-refractivity contribution < 1.29 is 89.4 Å². The highest BCUT2D eigenvalue weighted by atomic mass is 16.8. The van der Waals surface area contributed by atoms with Crippen molar-refractivity contribution in [3.8, 4) is 0 Å². The molecule has 88 heavy (non-hydrogen) atoms. The molecule has 0 aliphatic carbocycles. The number of unbranched alkanes of at least 4 members (excludes halogenated alkanes) is 35. The van der Waals surface area contributed by atoms with Crippen LogP contribution in [0.25, 0.3) is 0 Å². The number of aliphatic hydroxyl groups is 11. The molecule has 19 heteroatoms. The lowest BCUT2D eigenvalue weighted by atomic mass is 9.96. The van der Waals surface area contributed by atoms with E-state index in [0.29, 0.717) is 12.8 Å². The van der Waals surface area contributed by atoms with Gasteiger partial charge in [-0.3, -0.25) is 4.79 Å². The fourth-order valence-corrected chi connectivity index (χ4v) is 12.2.